The molecule has 0 spiro atoms. The predicted octanol–water partition coefficient (Wildman–Crippen LogP) is 4.14. The van der Waals surface area contributed by atoms with Crippen LogP contribution in [-0.4, -0.2) is 60.9 Å². The fourth-order valence-electron chi connectivity index (χ4n) is 4.14. The number of anilines is 1. The van der Waals surface area contributed by atoms with Gasteiger partial charge in [-0.1, -0.05) is 12.1 Å². The molecular weight excluding hydrogens is 470 g/mol. The van der Waals surface area contributed by atoms with Crippen LogP contribution in [0.2, 0.25) is 0 Å². The van der Waals surface area contributed by atoms with Gasteiger partial charge in [0.2, 0.25) is 0 Å². The Morgan fingerprint density at radius 3 is 2.74 bits per heavy atom. The molecule has 1 saturated heterocycles. The van der Waals surface area contributed by atoms with Crippen LogP contribution in [0.25, 0.3) is 43.1 Å². The summed E-state index contributed by atoms with van der Waals surface area (Å²) < 4.78 is 29.7. The van der Waals surface area contributed by atoms with Crippen molar-refractivity contribution in [2.75, 3.05) is 37.5 Å². The van der Waals surface area contributed by atoms with Gasteiger partial charge in [0.15, 0.2) is 15.7 Å². The van der Waals surface area contributed by atoms with Gasteiger partial charge < -0.3 is 14.6 Å². The molecule has 0 radical (unpaired) electrons. The minimum absolute atomic E-state index is 0.300. The number of benzene rings is 1. The third-order valence-corrected chi connectivity index (χ3v) is 8.08. The number of nitrogens with zero attached hydrogens (tertiary/aromatic N) is 4. The second kappa shape index (κ2) is 8.15. The van der Waals surface area contributed by atoms with Crippen LogP contribution in [0, 0.1) is 0 Å². The molecule has 5 heterocycles. The van der Waals surface area contributed by atoms with Crippen molar-refractivity contribution in [3.8, 4) is 21.8 Å². The lowest BCUT2D eigenvalue weighted by Gasteiger charge is -2.28. The van der Waals surface area contributed by atoms with Gasteiger partial charge in [0.1, 0.15) is 16.3 Å². The van der Waals surface area contributed by atoms with Crippen LogP contribution in [0.15, 0.2) is 59.8 Å². The number of aromatic amines is 1. The van der Waals surface area contributed by atoms with E-state index >= 15 is 0 Å². The van der Waals surface area contributed by atoms with Crippen molar-refractivity contribution >= 4 is 48.2 Å². The number of pyridine rings is 1. The summed E-state index contributed by atoms with van der Waals surface area (Å²) in [6.45, 7) is 2.78. The monoisotopic (exact) mass is 491 g/mol. The molecule has 1 N–H and O–H groups in total. The van der Waals surface area contributed by atoms with Gasteiger partial charge in [-0.2, -0.15) is 0 Å². The first-order valence-electron chi connectivity index (χ1n) is 10.8. The molecule has 8 nitrogen and oxygen atoms in total. The zero-order valence-electron chi connectivity index (χ0n) is 18.4. The lowest BCUT2D eigenvalue weighted by molar-refractivity contribution is 0.122. The Labute approximate surface area is 200 Å². The van der Waals surface area contributed by atoms with E-state index in [2.05, 4.69) is 20.9 Å². The third kappa shape index (κ3) is 3.83. The van der Waals surface area contributed by atoms with Gasteiger partial charge in [-0.3, -0.25) is 0 Å². The molecular formula is C24H21N5O3S2. The summed E-state index contributed by atoms with van der Waals surface area (Å²) in [5.41, 5.74) is 2.51. The average molecular weight is 492 g/mol. The van der Waals surface area contributed by atoms with Crippen LogP contribution in [0.4, 0.5) is 5.82 Å². The molecule has 172 valence electrons. The van der Waals surface area contributed by atoms with Gasteiger partial charge in [0.25, 0.3) is 0 Å². The van der Waals surface area contributed by atoms with E-state index in [1.807, 2.05) is 24.4 Å². The van der Waals surface area contributed by atoms with Crippen molar-refractivity contribution in [2.45, 2.75) is 4.90 Å². The molecule has 0 amide bonds. The molecule has 5 aromatic rings. The first-order chi connectivity index (χ1) is 16.5. The Balaban J connectivity index is 1.53. The molecule has 1 fully saturated rings. The molecule has 0 bridgehead atoms. The maximum atomic E-state index is 12.1. The number of thiophene rings is 1. The first-order valence-corrected chi connectivity index (χ1v) is 13.5. The third-order valence-electron chi connectivity index (χ3n) is 5.89. The summed E-state index contributed by atoms with van der Waals surface area (Å²) >= 11 is 1.53. The Bertz CT molecular complexity index is 1640. The van der Waals surface area contributed by atoms with Crippen molar-refractivity contribution in [3.63, 3.8) is 0 Å². The summed E-state index contributed by atoms with van der Waals surface area (Å²) in [5, 5.41) is 1.95. The number of aromatic nitrogens is 4. The zero-order chi connectivity index (χ0) is 23.3. The number of hydrogen-bond donors (Lipinski definition) is 1. The molecule has 10 heteroatoms. The van der Waals surface area contributed by atoms with Crippen LogP contribution in [0.5, 0.6) is 0 Å². The van der Waals surface area contributed by atoms with Gasteiger partial charge in [0, 0.05) is 47.6 Å². The Morgan fingerprint density at radius 2 is 1.91 bits per heavy atom. The maximum Gasteiger partial charge on any atom is 0.175 e. The molecule has 0 aliphatic carbocycles. The Hall–Kier alpha value is -3.34. The number of sulfone groups is 1. The normalized spacial score (nSPS) is 14.8. The zero-order valence-corrected chi connectivity index (χ0v) is 20.0. The number of ether oxygens (including phenoxy) is 1. The number of morpholine rings is 1. The van der Waals surface area contributed by atoms with E-state index in [4.69, 9.17) is 14.7 Å². The standard InChI is InChI=1S/C24H21N5O3S2/c1-34(30,31)18-4-2-3-15(12-18)20-13-19-23(29-7-9-32-10-8-29)27-22(28-24(19)33-20)17-11-16-5-6-25-21(16)26-14-17/h2-6,11-14H,7-10H2,1H3,(H,25,26). The smallest absolute Gasteiger partial charge is 0.175 e. The molecule has 34 heavy (non-hydrogen) atoms. The van der Waals surface area contributed by atoms with Crippen molar-refractivity contribution in [3.05, 3.63) is 54.9 Å². The minimum Gasteiger partial charge on any atom is -0.378 e. The van der Waals surface area contributed by atoms with Crippen LogP contribution in [0.3, 0.4) is 0 Å². The van der Waals surface area contributed by atoms with Gasteiger partial charge in [0.05, 0.1) is 23.5 Å². The van der Waals surface area contributed by atoms with Crippen molar-refractivity contribution in [1.29, 1.82) is 0 Å². The minimum atomic E-state index is -3.30. The summed E-state index contributed by atoms with van der Waals surface area (Å²) in [7, 11) is -3.30. The van der Waals surface area contributed by atoms with Crippen LogP contribution in [0.1, 0.15) is 0 Å². The largest absolute Gasteiger partial charge is 0.378 e. The van der Waals surface area contributed by atoms with E-state index in [-0.39, 0.29) is 0 Å². The highest BCUT2D eigenvalue weighted by Crippen LogP contribution is 2.38. The van der Waals surface area contributed by atoms with E-state index in [0.29, 0.717) is 23.9 Å². The van der Waals surface area contributed by atoms with E-state index in [1.165, 1.54) is 17.6 Å². The van der Waals surface area contributed by atoms with Gasteiger partial charge in [-0.05, 0) is 35.9 Å². The van der Waals surface area contributed by atoms with E-state index in [1.54, 1.807) is 24.4 Å². The van der Waals surface area contributed by atoms with Gasteiger partial charge >= 0.3 is 0 Å². The van der Waals surface area contributed by atoms with Crippen LogP contribution >= 0.6 is 11.3 Å². The van der Waals surface area contributed by atoms with Crippen molar-refractivity contribution < 1.29 is 13.2 Å². The first kappa shape index (κ1) is 21.2. The fourth-order valence-corrected chi connectivity index (χ4v) is 5.83. The summed E-state index contributed by atoms with van der Waals surface area (Å²) in [6, 6.07) is 13.1. The number of rotatable bonds is 4. The fraction of sp³-hybridized carbons (Fsp3) is 0.208. The molecule has 1 aliphatic rings. The Morgan fingerprint density at radius 1 is 1.06 bits per heavy atom. The SMILES string of the molecule is CS(=O)(=O)c1cccc(-c2cc3c(N4CCOCC4)nc(-c4cnc5[nH]ccc5c4)nc3s2)c1. The molecule has 6 rings (SSSR count). The summed E-state index contributed by atoms with van der Waals surface area (Å²) in [4.78, 5) is 21.8. The second-order valence-electron chi connectivity index (χ2n) is 8.24. The topological polar surface area (TPSA) is 101 Å². The highest BCUT2D eigenvalue weighted by atomic mass is 32.2. The van der Waals surface area contributed by atoms with Crippen molar-refractivity contribution in [2.24, 2.45) is 0 Å². The van der Waals surface area contributed by atoms with Gasteiger partial charge in [-0.15, -0.1) is 11.3 Å². The highest BCUT2D eigenvalue weighted by Gasteiger charge is 2.21. The lowest BCUT2D eigenvalue weighted by Crippen LogP contribution is -2.37. The van der Waals surface area contributed by atoms with Crippen molar-refractivity contribution in [1.82, 2.24) is 19.9 Å². The lowest BCUT2D eigenvalue weighted by atomic mass is 10.1. The highest BCUT2D eigenvalue weighted by molar-refractivity contribution is 7.90. The molecule has 0 atom stereocenters. The van der Waals surface area contributed by atoms with E-state index in [0.717, 1.165) is 56.2 Å². The molecule has 4 aromatic heterocycles. The Kier molecular flexibility index (Phi) is 5.09. The number of nitrogens with one attached hydrogen (secondary N) is 1. The quantitative estimate of drug-likeness (QED) is 0.403. The number of fused-ring (bicyclic) bond motifs is 2. The molecule has 0 unspecified atom stereocenters. The summed E-state index contributed by atoms with van der Waals surface area (Å²) in [6.07, 6.45) is 4.87. The predicted molar refractivity (Wildman–Crippen MR) is 134 cm³/mol. The van der Waals surface area contributed by atoms with Crippen LogP contribution < -0.4 is 4.90 Å². The summed E-state index contributed by atoms with van der Waals surface area (Å²) in [5.74, 6) is 1.47. The molecule has 0 saturated carbocycles. The van der Waals surface area contributed by atoms with E-state index < -0.39 is 9.84 Å². The van der Waals surface area contributed by atoms with E-state index in [9.17, 15) is 8.42 Å². The van der Waals surface area contributed by atoms with Crippen LogP contribution in [-0.2, 0) is 14.6 Å². The maximum absolute atomic E-state index is 12.1. The second-order valence-corrected chi connectivity index (χ2v) is 11.3. The molecule has 1 aromatic carbocycles. The molecule has 1 aliphatic heterocycles. The number of H-pyrrole nitrogens is 1. The van der Waals surface area contributed by atoms with Gasteiger partial charge in [-0.25, -0.2) is 23.4 Å². The average Bonchev–Trinajstić information content (AvgIpc) is 3.50. The number of hydrogen-bond acceptors (Lipinski definition) is 8.